The van der Waals surface area contributed by atoms with Crippen LogP contribution in [0.15, 0.2) is 96.7 Å². The number of benzene rings is 2. The molecule has 0 aliphatic rings. The van der Waals surface area contributed by atoms with Crippen LogP contribution in [0.5, 0.6) is 0 Å². The zero-order valence-electron chi connectivity index (χ0n) is 27.9. The van der Waals surface area contributed by atoms with Crippen molar-refractivity contribution in [1.29, 1.82) is 0 Å². The zero-order valence-corrected chi connectivity index (χ0v) is 28.7. The first-order valence-electron chi connectivity index (χ1n) is 16.3. The van der Waals surface area contributed by atoms with Gasteiger partial charge in [-0.05, 0) is 77.2 Å². The monoisotopic (exact) mass is 653 g/mol. The third kappa shape index (κ3) is 9.83. The highest BCUT2D eigenvalue weighted by Gasteiger charge is 2.35. The van der Waals surface area contributed by atoms with Gasteiger partial charge in [0, 0.05) is 56.3 Å². The first-order chi connectivity index (χ1) is 22.6. The standard InChI is InChI=1S/C38H47N5O3S/c1-5-38(39,6-2)20-9-14-35(44)42(3)34(26-29-15-16-30-11-7-8-12-31(30)25-29)37(46)43(4)33(27-32-13-10-24-47-32)36(45)41-23-19-28-17-21-40-22-18-28/h7-18,21-22,24-25,33-34H,5-6,19-20,23,26-27,39H2,1-4H3,(H,41,45)/b14-9+. The van der Waals surface area contributed by atoms with Crippen LogP contribution in [-0.4, -0.2) is 70.8 Å². The molecule has 0 aliphatic heterocycles. The molecule has 47 heavy (non-hydrogen) atoms. The van der Waals surface area contributed by atoms with Gasteiger partial charge in [-0.15, -0.1) is 11.3 Å². The number of hydrogen-bond acceptors (Lipinski definition) is 6. The lowest BCUT2D eigenvalue weighted by atomic mass is 9.90. The Bertz CT molecular complexity index is 1640. The zero-order chi connectivity index (χ0) is 33.8. The lowest BCUT2D eigenvalue weighted by Crippen LogP contribution is -2.56. The lowest BCUT2D eigenvalue weighted by molar-refractivity contribution is -0.146. The molecule has 3 amide bonds. The highest BCUT2D eigenvalue weighted by atomic mass is 32.1. The van der Waals surface area contributed by atoms with Crippen molar-refractivity contribution in [3.05, 3.63) is 113 Å². The van der Waals surface area contributed by atoms with Crippen LogP contribution in [0.2, 0.25) is 0 Å². The van der Waals surface area contributed by atoms with Gasteiger partial charge >= 0.3 is 0 Å². The van der Waals surface area contributed by atoms with E-state index in [1.165, 1.54) is 15.9 Å². The Morgan fingerprint density at radius 2 is 1.62 bits per heavy atom. The molecule has 3 N–H and O–H groups in total. The van der Waals surface area contributed by atoms with E-state index < -0.39 is 12.1 Å². The minimum atomic E-state index is -0.839. The summed E-state index contributed by atoms with van der Waals surface area (Å²) in [7, 11) is 3.32. The number of hydrogen-bond donors (Lipinski definition) is 2. The Labute approximate surface area is 282 Å². The number of nitrogens with zero attached hydrogens (tertiary/aromatic N) is 3. The van der Waals surface area contributed by atoms with E-state index in [1.807, 2.05) is 86.0 Å². The summed E-state index contributed by atoms with van der Waals surface area (Å²) in [5.41, 5.74) is 8.07. The van der Waals surface area contributed by atoms with E-state index in [0.717, 1.165) is 39.6 Å². The normalized spacial score (nSPS) is 13.0. The fraction of sp³-hybridized carbons (Fsp3) is 0.368. The summed E-state index contributed by atoms with van der Waals surface area (Å²) in [6, 6.07) is 20.3. The predicted octanol–water partition coefficient (Wildman–Crippen LogP) is 5.56. The predicted molar refractivity (Wildman–Crippen MR) is 191 cm³/mol. The smallest absolute Gasteiger partial charge is 0.246 e. The average molecular weight is 654 g/mol. The van der Waals surface area contributed by atoms with Gasteiger partial charge in [0.05, 0.1) is 0 Å². The molecule has 0 saturated heterocycles. The van der Waals surface area contributed by atoms with Gasteiger partial charge in [-0.25, -0.2) is 0 Å². The minimum absolute atomic E-state index is 0.236. The van der Waals surface area contributed by atoms with Crippen molar-refractivity contribution < 1.29 is 14.4 Å². The quantitative estimate of drug-likeness (QED) is 0.154. The summed E-state index contributed by atoms with van der Waals surface area (Å²) in [5, 5.41) is 7.16. The van der Waals surface area contributed by atoms with Gasteiger partial charge in [-0.1, -0.05) is 68.5 Å². The molecule has 2 atom stereocenters. The van der Waals surface area contributed by atoms with Crippen LogP contribution in [0, 0.1) is 0 Å². The molecule has 0 saturated carbocycles. The van der Waals surface area contributed by atoms with Crippen LogP contribution in [-0.2, 0) is 33.6 Å². The first kappa shape index (κ1) is 35.5. The molecule has 248 valence electrons. The SMILES string of the molecule is CCC(N)(CC)C/C=C/C(=O)N(C)C(Cc1ccc2ccccc2c1)C(=O)N(C)C(Cc1cccs1)C(=O)NCCc1ccncc1. The van der Waals surface area contributed by atoms with Gasteiger partial charge < -0.3 is 20.9 Å². The van der Waals surface area contributed by atoms with Gasteiger partial charge in [0.1, 0.15) is 12.1 Å². The Kier molecular flexibility index (Phi) is 12.8. The van der Waals surface area contributed by atoms with Crippen molar-refractivity contribution in [2.75, 3.05) is 20.6 Å². The van der Waals surface area contributed by atoms with Crippen molar-refractivity contribution in [2.24, 2.45) is 5.73 Å². The van der Waals surface area contributed by atoms with E-state index in [9.17, 15) is 14.4 Å². The van der Waals surface area contributed by atoms with Crippen LogP contribution >= 0.6 is 11.3 Å². The summed E-state index contributed by atoms with van der Waals surface area (Å²) >= 11 is 1.55. The number of fused-ring (bicyclic) bond motifs is 1. The molecule has 8 nitrogen and oxygen atoms in total. The maximum atomic E-state index is 14.5. The second-order valence-electron chi connectivity index (χ2n) is 12.2. The fourth-order valence-corrected chi connectivity index (χ4v) is 6.34. The number of nitrogens with two attached hydrogens (primary N) is 1. The molecule has 0 aliphatic carbocycles. The lowest BCUT2D eigenvalue weighted by Gasteiger charge is -2.34. The van der Waals surface area contributed by atoms with Gasteiger partial charge in [0.25, 0.3) is 0 Å². The number of pyridine rings is 1. The maximum absolute atomic E-state index is 14.5. The Hall–Kier alpha value is -4.34. The van der Waals surface area contributed by atoms with Crippen LogP contribution < -0.4 is 11.1 Å². The Morgan fingerprint density at radius 1 is 0.894 bits per heavy atom. The summed E-state index contributed by atoms with van der Waals surface area (Å²) < 4.78 is 0. The summed E-state index contributed by atoms with van der Waals surface area (Å²) in [6.07, 6.45) is 10.2. The number of amides is 3. The van der Waals surface area contributed by atoms with E-state index in [4.69, 9.17) is 5.73 Å². The average Bonchev–Trinajstić information content (AvgIpc) is 3.62. The molecular formula is C38H47N5O3S. The number of thiophene rings is 1. The first-order valence-corrected chi connectivity index (χ1v) is 17.2. The molecule has 2 aromatic carbocycles. The molecule has 2 unspecified atom stereocenters. The van der Waals surface area contributed by atoms with Crippen molar-refractivity contribution >= 4 is 39.8 Å². The van der Waals surface area contributed by atoms with Crippen LogP contribution in [0.25, 0.3) is 10.8 Å². The van der Waals surface area contributed by atoms with E-state index in [1.54, 1.807) is 37.8 Å². The van der Waals surface area contributed by atoms with E-state index in [2.05, 4.69) is 16.4 Å². The van der Waals surface area contributed by atoms with Crippen molar-refractivity contribution in [3.8, 4) is 0 Å². The second kappa shape index (κ2) is 17.0. The van der Waals surface area contributed by atoms with Crippen molar-refractivity contribution in [1.82, 2.24) is 20.1 Å². The topological polar surface area (TPSA) is 109 Å². The molecule has 9 heteroatoms. The summed E-state index contributed by atoms with van der Waals surface area (Å²) in [6.45, 7) is 4.51. The number of carbonyl (C=O) groups excluding carboxylic acids is 3. The van der Waals surface area contributed by atoms with E-state index >= 15 is 0 Å². The van der Waals surface area contributed by atoms with Gasteiger partial charge in [0.15, 0.2) is 0 Å². The number of aromatic nitrogens is 1. The maximum Gasteiger partial charge on any atom is 0.246 e. The molecule has 4 rings (SSSR count). The minimum Gasteiger partial charge on any atom is -0.354 e. The molecular weight excluding hydrogens is 607 g/mol. The highest BCUT2D eigenvalue weighted by molar-refractivity contribution is 7.09. The van der Waals surface area contributed by atoms with Crippen LogP contribution in [0.1, 0.15) is 49.1 Å². The summed E-state index contributed by atoms with van der Waals surface area (Å²) in [5.74, 6) is -0.827. The largest absolute Gasteiger partial charge is 0.354 e. The summed E-state index contributed by atoms with van der Waals surface area (Å²) in [4.78, 5) is 49.8. The van der Waals surface area contributed by atoms with Gasteiger partial charge in [-0.2, -0.15) is 0 Å². The molecule has 0 fully saturated rings. The van der Waals surface area contributed by atoms with Gasteiger partial charge in [0.2, 0.25) is 17.7 Å². The number of rotatable bonds is 16. The fourth-order valence-electron chi connectivity index (χ4n) is 5.59. The van der Waals surface area contributed by atoms with E-state index in [-0.39, 0.29) is 23.3 Å². The third-order valence-electron chi connectivity index (χ3n) is 9.09. The van der Waals surface area contributed by atoms with Crippen molar-refractivity contribution in [3.63, 3.8) is 0 Å². The van der Waals surface area contributed by atoms with Crippen LogP contribution in [0.4, 0.5) is 0 Å². The Balaban J connectivity index is 1.59. The number of nitrogens with one attached hydrogen (secondary N) is 1. The number of carbonyl (C=O) groups is 3. The Morgan fingerprint density at radius 3 is 2.30 bits per heavy atom. The molecule has 4 aromatic rings. The molecule has 2 heterocycles. The van der Waals surface area contributed by atoms with Gasteiger partial charge in [-0.3, -0.25) is 19.4 Å². The molecule has 0 radical (unpaired) electrons. The second-order valence-corrected chi connectivity index (χ2v) is 13.2. The van der Waals surface area contributed by atoms with Crippen LogP contribution in [0.3, 0.4) is 0 Å². The molecule has 2 aromatic heterocycles. The van der Waals surface area contributed by atoms with E-state index in [0.29, 0.717) is 32.2 Å². The highest BCUT2D eigenvalue weighted by Crippen LogP contribution is 2.21. The number of likely N-dealkylation sites (N-methyl/N-ethyl adjacent to an activating group) is 2. The molecule has 0 spiro atoms. The molecule has 0 bridgehead atoms. The third-order valence-corrected chi connectivity index (χ3v) is 9.99. The van der Waals surface area contributed by atoms with Crippen molar-refractivity contribution in [2.45, 2.75) is 70.0 Å².